The maximum atomic E-state index is 14.0. The van der Waals surface area contributed by atoms with E-state index in [0.29, 0.717) is 49.4 Å². The van der Waals surface area contributed by atoms with E-state index >= 15 is 0 Å². The van der Waals surface area contributed by atoms with Gasteiger partial charge in [-0.25, -0.2) is 8.42 Å². The van der Waals surface area contributed by atoms with Gasteiger partial charge in [-0.1, -0.05) is 30.3 Å². The maximum Gasteiger partial charge on any atom is 0.263 e. The Morgan fingerprint density at radius 2 is 1.39 bits per heavy atom. The molecule has 7 aromatic rings. The van der Waals surface area contributed by atoms with Crippen LogP contribution >= 0.6 is 22.7 Å². The van der Waals surface area contributed by atoms with E-state index in [-0.39, 0.29) is 35.8 Å². The minimum absolute atomic E-state index is 0.132. The molecule has 302 valence electrons. The zero-order valence-electron chi connectivity index (χ0n) is 33.3. The molecule has 8 rings (SSSR count). The number of hydrogen-bond acceptors (Lipinski definition) is 13. The summed E-state index contributed by atoms with van der Waals surface area (Å²) < 4.78 is 29.4. The quantitative estimate of drug-likeness (QED) is 0.122. The number of fused-ring (bicyclic) bond motifs is 2. The third-order valence-electron chi connectivity index (χ3n) is 11.1. The number of nitrogens with zero attached hydrogens (tertiary/aromatic N) is 6. The number of carbonyl (C=O) groups excluding carboxylic acids is 2. The summed E-state index contributed by atoms with van der Waals surface area (Å²) in [7, 11) is -3.89. The topological polar surface area (TPSA) is 212 Å². The van der Waals surface area contributed by atoms with Crippen LogP contribution in [-0.4, -0.2) is 69.0 Å². The van der Waals surface area contributed by atoms with Gasteiger partial charge in [0.25, 0.3) is 11.8 Å². The summed E-state index contributed by atoms with van der Waals surface area (Å²) in [6.45, 7) is 12.1. The number of aromatic nitrogens is 5. The molecule has 0 bridgehead atoms. The Morgan fingerprint density at radius 1 is 0.780 bits per heavy atom. The van der Waals surface area contributed by atoms with Crippen LogP contribution in [0.4, 0.5) is 11.4 Å². The number of nitrogen functional groups attached to an aromatic ring is 2. The summed E-state index contributed by atoms with van der Waals surface area (Å²) >= 11 is 2.41. The van der Waals surface area contributed by atoms with Crippen LogP contribution in [0, 0.1) is 41.5 Å². The molecule has 0 saturated carbocycles. The number of aryl methyl sites for hydroxylation is 6. The molecule has 6 N–H and O–H groups in total. The van der Waals surface area contributed by atoms with Crippen molar-refractivity contribution in [3.63, 3.8) is 0 Å². The van der Waals surface area contributed by atoms with Crippen LogP contribution in [0.25, 0.3) is 42.8 Å². The fraction of sp³-hybridized carbons (Fsp3) is 0.262. The molecule has 0 spiro atoms. The standard InChI is InChI=1S/C42H42N10O4S3/c1-20-7-12-30(59(55,56)52-14-13-29(19-52)47-40(54)38-35(44)33-23(4)25(6)49-51-42(33)58-38)16-31(20)36-21(2)15-28(18-45-36)27-10-8-26(9-11-27)17-46-39(53)37-34(43)32-22(3)24(5)48-50-41(32)57-37/h7-12,15-16,18,29H,13-14,17,19,43-44H2,1-6H3,(H,46,53)(H,47,54). The van der Waals surface area contributed by atoms with Crippen molar-refractivity contribution in [2.24, 2.45) is 0 Å². The molecule has 1 saturated heterocycles. The number of hydrogen-bond donors (Lipinski definition) is 4. The summed E-state index contributed by atoms with van der Waals surface area (Å²) in [5, 5.41) is 24.2. The summed E-state index contributed by atoms with van der Waals surface area (Å²) in [6.07, 6.45) is 2.24. The van der Waals surface area contributed by atoms with Crippen LogP contribution in [0.5, 0.6) is 0 Å². The molecule has 5 aromatic heterocycles. The van der Waals surface area contributed by atoms with Crippen molar-refractivity contribution < 1.29 is 18.0 Å². The van der Waals surface area contributed by atoms with E-state index in [1.807, 2.05) is 71.9 Å². The SMILES string of the molecule is Cc1ccc(S(=O)(=O)N2CCC(NC(=O)c3sc4nnc(C)c(C)c4c3N)C2)cc1-c1ncc(-c2ccc(CNC(=O)c3sc4nnc(C)c(C)c4c3N)cc2)cc1C. The van der Waals surface area contributed by atoms with E-state index in [4.69, 9.17) is 16.5 Å². The number of carbonyl (C=O) groups is 2. The van der Waals surface area contributed by atoms with E-state index in [1.165, 1.54) is 27.0 Å². The lowest BCUT2D eigenvalue weighted by molar-refractivity contribution is 0.0939. The Labute approximate surface area is 349 Å². The molecule has 6 heterocycles. The molecule has 2 aromatic carbocycles. The van der Waals surface area contributed by atoms with E-state index in [2.05, 4.69) is 31.0 Å². The van der Waals surface area contributed by atoms with E-state index in [1.54, 1.807) is 24.4 Å². The Balaban J connectivity index is 0.930. The lowest BCUT2D eigenvalue weighted by atomic mass is 9.98. The van der Waals surface area contributed by atoms with Crippen LogP contribution in [0.15, 0.2) is 59.6 Å². The molecular weight excluding hydrogens is 805 g/mol. The third-order valence-corrected chi connectivity index (χ3v) is 15.1. The van der Waals surface area contributed by atoms with Crippen molar-refractivity contribution in [3.05, 3.63) is 104 Å². The first-order valence-electron chi connectivity index (χ1n) is 18.9. The van der Waals surface area contributed by atoms with Crippen LogP contribution < -0.4 is 22.1 Å². The monoisotopic (exact) mass is 846 g/mol. The predicted molar refractivity (Wildman–Crippen MR) is 233 cm³/mol. The maximum absolute atomic E-state index is 14.0. The van der Waals surface area contributed by atoms with Gasteiger partial charge in [-0.2, -0.15) is 14.5 Å². The zero-order valence-corrected chi connectivity index (χ0v) is 35.7. The molecule has 0 aliphatic carbocycles. The minimum atomic E-state index is -3.89. The number of pyridine rings is 1. The van der Waals surface area contributed by atoms with Gasteiger partial charge in [0, 0.05) is 53.8 Å². The first-order chi connectivity index (χ1) is 28.1. The van der Waals surface area contributed by atoms with Crippen molar-refractivity contribution >= 4 is 76.3 Å². The second-order valence-corrected chi connectivity index (χ2v) is 18.9. The van der Waals surface area contributed by atoms with Gasteiger partial charge in [0.15, 0.2) is 0 Å². The summed E-state index contributed by atoms with van der Waals surface area (Å²) in [5.41, 5.74) is 22.8. The van der Waals surface area contributed by atoms with Gasteiger partial charge in [0.2, 0.25) is 10.0 Å². The average Bonchev–Trinajstić information content (AvgIpc) is 3.93. The smallest absolute Gasteiger partial charge is 0.263 e. The van der Waals surface area contributed by atoms with E-state index < -0.39 is 10.0 Å². The highest BCUT2D eigenvalue weighted by Gasteiger charge is 2.34. The Kier molecular flexibility index (Phi) is 10.4. The molecule has 1 unspecified atom stereocenters. The number of benzene rings is 2. The number of thiophene rings is 2. The van der Waals surface area contributed by atoms with Crippen LogP contribution in [0.3, 0.4) is 0 Å². The van der Waals surface area contributed by atoms with Gasteiger partial charge >= 0.3 is 0 Å². The summed E-state index contributed by atoms with van der Waals surface area (Å²) in [5.74, 6) is -0.622. The molecule has 17 heteroatoms. The van der Waals surface area contributed by atoms with Crippen LogP contribution in [-0.2, 0) is 16.6 Å². The second kappa shape index (κ2) is 15.4. The number of nitrogens with two attached hydrogens (primary N) is 2. The first-order valence-corrected chi connectivity index (χ1v) is 22.0. The van der Waals surface area contributed by atoms with Crippen molar-refractivity contribution in [1.29, 1.82) is 0 Å². The Morgan fingerprint density at radius 3 is 2.00 bits per heavy atom. The number of rotatable bonds is 9. The van der Waals surface area contributed by atoms with Crippen molar-refractivity contribution in [3.8, 4) is 22.4 Å². The first kappa shape index (κ1) is 39.9. The second-order valence-electron chi connectivity index (χ2n) is 14.9. The molecule has 1 atom stereocenters. The molecule has 1 fully saturated rings. The highest BCUT2D eigenvalue weighted by Crippen LogP contribution is 2.37. The van der Waals surface area contributed by atoms with Crippen LogP contribution in [0.1, 0.15) is 65.0 Å². The molecule has 1 aliphatic heterocycles. The van der Waals surface area contributed by atoms with Gasteiger partial charge < -0.3 is 22.1 Å². The fourth-order valence-electron chi connectivity index (χ4n) is 7.39. The zero-order chi connectivity index (χ0) is 41.9. The van der Waals surface area contributed by atoms with E-state index in [9.17, 15) is 18.0 Å². The van der Waals surface area contributed by atoms with Gasteiger partial charge in [-0.15, -0.1) is 32.9 Å². The van der Waals surface area contributed by atoms with Crippen molar-refractivity contribution in [2.45, 2.75) is 65.4 Å². The lowest BCUT2D eigenvalue weighted by Crippen LogP contribution is -2.38. The summed E-state index contributed by atoms with van der Waals surface area (Å²) in [4.78, 5) is 33.4. The Hall–Kier alpha value is -5.88. The number of sulfonamides is 1. The van der Waals surface area contributed by atoms with Crippen LogP contribution in [0.2, 0.25) is 0 Å². The van der Waals surface area contributed by atoms with Gasteiger partial charge in [-0.3, -0.25) is 14.6 Å². The highest BCUT2D eigenvalue weighted by atomic mass is 32.2. The summed E-state index contributed by atoms with van der Waals surface area (Å²) in [6, 6.07) is 14.6. The van der Waals surface area contributed by atoms with Crippen molar-refractivity contribution in [2.75, 3.05) is 24.6 Å². The molecular formula is C42H42N10O4S3. The molecule has 14 nitrogen and oxygen atoms in total. The fourth-order valence-corrected chi connectivity index (χ4v) is 10.9. The predicted octanol–water partition coefficient (Wildman–Crippen LogP) is 6.56. The highest BCUT2D eigenvalue weighted by molar-refractivity contribution is 7.89. The average molecular weight is 847 g/mol. The van der Waals surface area contributed by atoms with E-state index in [0.717, 1.165) is 66.7 Å². The van der Waals surface area contributed by atoms with Gasteiger partial charge in [0.1, 0.15) is 19.4 Å². The normalized spacial score (nSPS) is 14.6. The number of amides is 2. The minimum Gasteiger partial charge on any atom is -0.397 e. The molecule has 2 amide bonds. The van der Waals surface area contributed by atoms with Gasteiger partial charge in [-0.05, 0) is 99.5 Å². The number of nitrogens with one attached hydrogen (secondary N) is 2. The third kappa shape index (κ3) is 7.28. The lowest BCUT2D eigenvalue weighted by Gasteiger charge is -2.19. The molecule has 59 heavy (non-hydrogen) atoms. The largest absolute Gasteiger partial charge is 0.397 e. The number of anilines is 2. The van der Waals surface area contributed by atoms with Gasteiger partial charge in [0.05, 0.1) is 33.4 Å². The molecule has 1 aliphatic rings. The Bertz CT molecular complexity index is 2960. The molecule has 0 radical (unpaired) electrons. The van der Waals surface area contributed by atoms with Crippen molar-refractivity contribution in [1.82, 2.24) is 40.3 Å².